The van der Waals surface area contributed by atoms with Gasteiger partial charge in [0.25, 0.3) is 5.91 Å². The number of carbonyl (C=O) groups excluding carboxylic acids is 1. The van der Waals surface area contributed by atoms with Crippen molar-refractivity contribution < 1.29 is 19.4 Å². The van der Waals surface area contributed by atoms with Gasteiger partial charge in [-0.25, -0.2) is 4.79 Å². The number of aromatic nitrogens is 3. The van der Waals surface area contributed by atoms with E-state index in [9.17, 15) is 9.59 Å². The summed E-state index contributed by atoms with van der Waals surface area (Å²) >= 11 is 0. The number of fused-ring (bicyclic) bond motifs is 1. The molecule has 8 heteroatoms. The molecule has 1 aromatic carbocycles. The number of para-hydroxylation sites is 1. The highest BCUT2D eigenvalue weighted by molar-refractivity contribution is 6.07. The summed E-state index contributed by atoms with van der Waals surface area (Å²) in [5.41, 5.74) is 0.614. The smallest absolute Gasteiger partial charge is 0.339 e. The number of carbonyl (C=O) groups is 2. The number of nitrogens with one attached hydrogen (secondary N) is 1. The third-order valence-electron chi connectivity index (χ3n) is 2.96. The number of ether oxygens (including phenoxy) is 1. The molecule has 1 aliphatic heterocycles. The van der Waals surface area contributed by atoms with Crippen molar-refractivity contribution >= 4 is 17.6 Å². The van der Waals surface area contributed by atoms with Gasteiger partial charge in [0, 0.05) is 0 Å². The Morgan fingerprint density at radius 3 is 2.95 bits per heavy atom. The average Bonchev–Trinajstić information content (AvgIpc) is 2.99. The van der Waals surface area contributed by atoms with E-state index in [1.807, 2.05) is 0 Å². The Labute approximate surface area is 113 Å². The maximum absolute atomic E-state index is 12.3. The van der Waals surface area contributed by atoms with Gasteiger partial charge in [0.1, 0.15) is 12.2 Å². The Kier molecular flexibility index (Phi) is 2.82. The van der Waals surface area contributed by atoms with Crippen LogP contribution in [0, 0.1) is 0 Å². The van der Waals surface area contributed by atoms with E-state index in [1.54, 1.807) is 12.1 Å². The number of anilines is 1. The van der Waals surface area contributed by atoms with Crippen LogP contribution in [0.5, 0.6) is 5.75 Å². The lowest BCUT2D eigenvalue weighted by Crippen LogP contribution is -2.38. The van der Waals surface area contributed by atoms with Crippen molar-refractivity contribution in [2.45, 2.75) is 0 Å². The maximum atomic E-state index is 12.3. The lowest BCUT2D eigenvalue weighted by molar-refractivity contribution is 0.0690. The van der Waals surface area contributed by atoms with Crippen LogP contribution in [0.2, 0.25) is 0 Å². The second kappa shape index (κ2) is 4.65. The molecule has 3 rings (SSSR count). The van der Waals surface area contributed by atoms with Crippen LogP contribution >= 0.6 is 0 Å². The van der Waals surface area contributed by atoms with Crippen LogP contribution in [0.3, 0.4) is 0 Å². The predicted octanol–water partition coefficient (Wildman–Crippen LogP) is 0.542. The summed E-state index contributed by atoms with van der Waals surface area (Å²) in [6.07, 6.45) is 1.32. The lowest BCUT2D eigenvalue weighted by Gasteiger charge is -2.29. The predicted molar refractivity (Wildman–Crippen MR) is 67.0 cm³/mol. The molecule has 1 amide bonds. The number of rotatable bonds is 2. The van der Waals surface area contributed by atoms with Gasteiger partial charge in [-0.05, 0) is 12.1 Å². The molecule has 2 aromatic rings. The van der Waals surface area contributed by atoms with Crippen molar-refractivity contribution in [2.75, 3.05) is 18.1 Å². The number of carboxylic acids is 1. The Hall–Kier alpha value is -2.90. The molecule has 0 unspecified atom stereocenters. The Morgan fingerprint density at radius 1 is 1.40 bits per heavy atom. The minimum Gasteiger partial charge on any atom is -0.489 e. The molecule has 2 N–H and O–H groups in total. The first kappa shape index (κ1) is 12.2. The molecule has 102 valence electrons. The van der Waals surface area contributed by atoms with Gasteiger partial charge in [-0.1, -0.05) is 6.07 Å². The molecule has 0 atom stereocenters. The van der Waals surface area contributed by atoms with Gasteiger partial charge < -0.3 is 9.84 Å². The van der Waals surface area contributed by atoms with Crippen LogP contribution in [0.4, 0.5) is 5.69 Å². The van der Waals surface area contributed by atoms with Crippen molar-refractivity contribution in [2.24, 2.45) is 0 Å². The summed E-state index contributed by atoms with van der Waals surface area (Å²) in [6.45, 7) is 0.544. The molecule has 20 heavy (non-hydrogen) atoms. The van der Waals surface area contributed by atoms with Gasteiger partial charge in [0.05, 0.1) is 18.4 Å². The largest absolute Gasteiger partial charge is 0.489 e. The van der Waals surface area contributed by atoms with E-state index in [-0.39, 0.29) is 29.5 Å². The lowest BCUT2D eigenvalue weighted by atomic mass is 10.1. The fourth-order valence-corrected chi connectivity index (χ4v) is 2.07. The first-order valence-corrected chi connectivity index (χ1v) is 5.85. The third-order valence-corrected chi connectivity index (χ3v) is 2.96. The molecule has 0 fully saturated rings. The van der Waals surface area contributed by atoms with Crippen LogP contribution in [0.15, 0.2) is 24.4 Å². The highest BCUT2D eigenvalue weighted by atomic mass is 16.5. The average molecular weight is 274 g/mol. The van der Waals surface area contributed by atoms with Gasteiger partial charge in [-0.3, -0.25) is 9.69 Å². The molecular formula is C12H10N4O4. The Balaban J connectivity index is 2.05. The molecule has 0 spiro atoms. The molecule has 1 aromatic heterocycles. The molecular weight excluding hydrogens is 264 g/mol. The number of amides is 1. The fourth-order valence-electron chi connectivity index (χ4n) is 2.07. The van der Waals surface area contributed by atoms with E-state index in [0.717, 1.165) is 0 Å². The Bertz CT molecular complexity index is 668. The van der Waals surface area contributed by atoms with Crippen LogP contribution in [0.25, 0.3) is 0 Å². The van der Waals surface area contributed by atoms with E-state index < -0.39 is 5.97 Å². The number of nitrogens with zero attached hydrogens (tertiary/aromatic N) is 3. The van der Waals surface area contributed by atoms with Gasteiger partial charge in [-0.15, -0.1) is 0 Å². The summed E-state index contributed by atoms with van der Waals surface area (Å²) in [4.78, 5) is 24.9. The third kappa shape index (κ3) is 1.87. The zero-order chi connectivity index (χ0) is 14.1. The molecule has 8 nitrogen and oxygen atoms in total. The van der Waals surface area contributed by atoms with Gasteiger partial charge in [0.2, 0.25) is 0 Å². The number of aromatic carboxylic acids is 1. The first-order valence-electron chi connectivity index (χ1n) is 5.85. The van der Waals surface area contributed by atoms with Crippen molar-refractivity contribution in [3.8, 4) is 5.75 Å². The van der Waals surface area contributed by atoms with Crippen molar-refractivity contribution in [1.29, 1.82) is 0 Å². The monoisotopic (exact) mass is 274 g/mol. The molecule has 1 aliphatic rings. The number of H-pyrrole nitrogens is 1. The van der Waals surface area contributed by atoms with Crippen molar-refractivity contribution in [3.05, 3.63) is 35.7 Å². The molecule has 0 radical (unpaired) electrons. The molecule has 0 aliphatic carbocycles. The highest BCUT2D eigenvalue weighted by Gasteiger charge is 2.29. The number of carboxylic acid groups (broad SMARTS) is 1. The first-order chi connectivity index (χ1) is 9.68. The number of hydrogen-bond donors (Lipinski definition) is 2. The summed E-state index contributed by atoms with van der Waals surface area (Å²) in [6, 6.07) is 4.64. The molecule has 2 heterocycles. The summed E-state index contributed by atoms with van der Waals surface area (Å²) in [7, 11) is 0. The highest BCUT2D eigenvalue weighted by Crippen LogP contribution is 2.35. The van der Waals surface area contributed by atoms with E-state index in [4.69, 9.17) is 9.84 Å². The van der Waals surface area contributed by atoms with Crippen LogP contribution < -0.4 is 9.64 Å². The van der Waals surface area contributed by atoms with Crippen molar-refractivity contribution in [1.82, 2.24) is 15.4 Å². The normalized spacial score (nSPS) is 13.5. The van der Waals surface area contributed by atoms with Gasteiger partial charge in [-0.2, -0.15) is 15.4 Å². The molecule has 0 bridgehead atoms. The summed E-state index contributed by atoms with van der Waals surface area (Å²) in [5, 5.41) is 18.8. The van der Waals surface area contributed by atoms with Gasteiger partial charge >= 0.3 is 5.97 Å². The van der Waals surface area contributed by atoms with Crippen molar-refractivity contribution in [3.63, 3.8) is 0 Å². The van der Waals surface area contributed by atoms with Gasteiger partial charge in [0.15, 0.2) is 11.4 Å². The van der Waals surface area contributed by atoms with E-state index in [0.29, 0.717) is 12.2 Å². The van der Waals surface area contributed by atoms with E-state index >= 15 is 0 Å². The standard InChI is InChI=1S/C12H10N4O4/c17-11(8-6-13-15-14-8)16-4-5-20-10-7(12(18)19)2-1-3-9(10)16/h1-3,6H,4-5H2,(H,18,19)(H,13,14,15). The Morgan fingerprint density at radius 2 is 2.25 bits per heavy atom. The molecule has 0 saturated heterocycles. The summed E-state index contributed by atoms with van der Waals surface area (Å²) in [5.74, 6) is -1.26. The zero-order valence-corrected chi connectivity index (χ0v) is 10.2. The minimum absolute atomic E-state index is 0.0279. The van der Waals surface area contributed by atoms with Crippen LogP contribution in [0.1, 0.15) is 20.8 Å². The number of hydrogen-bond acceptors (Lipinski definition) is 5. The minimum atomic E-state index is -1.10. The van der Waals surface area contributed by atoms with E-state index in [2.05, 4.69) is 15.4 Å². The molecule has 0 saturated carbocycles. The second-order valence-electron chi connectivity index (χ2n) is 4.12. The fraction of sp³-hybridized carbons (Fsp3) is 0.167. The van der Waals surface area contributed by atoms with Crippen LogP contribution in [-0.2, 0) is 0 Å². The zero-order valence-electron chi connectivity index (χ0n) is 10.2. The van der Waals surface area contributed by atoms with Crippen LogP contribution in [-0.4, -0.2) is 45.5 Å². The quantitative estimate of drug-likeness (QED) is 0.827. The second-order valence-corrected chi connectivity index (χ2v) is 4.12. The number of aromatic amines is 1. The maximum Gasteiger partial charge on any atom is 0.339 e. The number of benzene rings is 1. The van der Waals surface area contributed by atoms with E-state index in [1.165, 1.54) is 17.2 Å². The topological polar surface area (TPSA) is 108 Å². The SMILES string of the molecule is O=C(O)c1cccc2c1OCCN2C(=O)c1cn[nH]n1. The summed E-state index contributed by atoms with van der Waals surface area (Å²) < 4.78 is 5.40.